The number of rotatable bonds is 7. The smallest absolute Gasteiger partial charge is 0.257 e. The second kappa shape index (κ2) is 8.11. The Hall–Kier alpha value is -2.88. The molecule has 0 fully saturated rings. The first-order chi connectivity index (χ1) is 11.5. The van der Waals surface area contributed by atoms with Crippen LogP contribution < -0.4 is 5.73 Å². The Bertz CT molecular complexity index is 720. The van der Waals surface area contributed by atoms with Gasteiger partial charge in [-0.05, 0) is 25.0 Å². The molecule has 2 aromatic rings. The SMILES string of the molecule is CC(CC(C#N)CC(C)c1noc(-c2ccccc2)n1)/C(N)=N/O. The van der Waals surface area contributed by atoms with E-state index in [9.17, 15) is 5.26 Å². The molecule has 0 radical (unpaired) electrons. The maximum Gasteiger partial charge on any atom is 0.257 e. The number of oxime groups is 1. The van der Waals surface area contributed by atoms with Crippen molar-refractivity contribution < 1.29 is 9.73 Å². The molecule has 7 heteroatoms. The molecule has 0 aliphatic heterocycles. The number of hydrogen-bond acceptors (Lipinski definition) is 6. The van der Waals surface area contributed by atoms with Crippen molar-refractivity contribution in [2.45, 2.75) is 32.6 Å². The van der Waals surface area contributed by atoms with Crippen LogP contribution in [0.25, 0.3) is 11.5 Å². The zero-order valence-corrected chi connectivity index (χ0v) is 13.8. The van der Waals surface area contributed by atoms with E-state index < -0.39 is 0 Å². The Kier molecular flexibility index (Phi) is 5.90. The first kappa shape index (κ1) is 17.5. The molecule has 3 N–H and O–H groups in total. The molecule has 0 saturated carbocycles. The van der Waals surface area contributed by atoms with E-state index in [1.807, 2.05) is 44.2 Å². The number of hydrogen-bond donors (Lipinski definition) is 2. The fraction of sp³-hybridized carbons (Fsp3) is 0.412. The van der Waals surface area contributed by atoms with Crippen molar-refractivity contribution in [1.29, 1.82) is 5.26 Å². The van der Waals surface area contributed by atoms with Crippen molar-refractivity contribution in [1.82, 2.24) is 10.1 Å². The average Bonchev–Trinajstić information content (AvgIpc) is 3.11. The van der Waals surface area contributed by atoms with Gasteiger partial charge in [0.05, 0.1) is 6.07 Å². The topological polar surface area (TPSA) is 121 Å². The van der Waals surface area contributed by atoms with Gasteiger partial charge in [0.2, 0.25) is 0 Å². The summed E-state index contributed by atoms with van der Waals surface area (Å²) >= 11 is 0. The number of nitriles is 1. The fourth-order valence-electron chi connectivity index (χ4n) is 2.51. The Balaban J connectivity index is 2.02. The minimum absolute atomic E-state index is 0.0321. The molecule has 2 rings (SSSR count). The van der Waals surface area contributed by atoms with Gasteiger partial charge in [0.1, 0.15) is 5.84 Å². The van der Waals surface area contributed by atoms with Crippen LogP contribution in [0.3, 0.4) is 0 Å². The van der Waals surface area contributed by atoms with Crippen LogP contribution in [0.1, 0.15) is 38.4 Å². The van der Waals surface area contributed by atoms with Crippen LogP contribution in [0, 0.1) is 23.2 Å². The molecule has 3 atom stereocenters. The largest absolute Gasteiger partial charge is 0.409 e. The third kappa shape index (κ3) is 4.32. The van der Waals surface area contributed by atoms with E-state index in [0.717, 1.165) is 5.56 Å². The third-order valence-electron chi connectivity index (χ3n) is 3.98. The van der Waals surface area contributed by atoms with Crippen molar-refractivity contribution in [3.63, 3.8) is 0 Å². The van der Waals surface area contributed by atoms with Gasteiger partial charge >= 0.3 is 0 Å². The molecule has 0 amide bonds. The van der Waals surface area contributed by atoms with Gasteiger partial charge in [-0.25, -0.2) is 0 Å². The van der Waals surface area contributed by atoms with Crippen molar-refractivity contribution in [3.8, 4) is 17.5 Å². The van der Waals surface area contributed by atoms with Gasteiger partial charge in [-0.2, -0.15) is 10.2 Å². The highest BCUT2D eigenvalue weighted by molar-refractivity contribution is 5.81. The maximum atomic E-state index is 9.35. The van der Waals surface area contributed by atoms with Crippen LogP contribution in [0.2, 0.25) is 0 Å². The van der Waals surface area contributed by atoms with Crippen LogP contribution in [-0.2, 0) is 0 Å². The highest BCUT2D eigenvalue weighted by Crippen LogP contribution is 2.27. The molecule has 126 valence electrons. The number of benzene rings is 1. The summed E-state index contributed by atoms with van der Waals surface area (Å²) in [5.41, 5.74) is 6.44. The van der Waals surface area contributed by atoms with Gasteiger partial charge in [0.15, 0.2) is 5.82 Å². The molecular formula is C17H21N5O2. The van der Waals surface area contributed by atoms with E-state index in [1.165, 1.54) is 0 Å². The van der Waals surface area contributed by atoms with Crippen LogP contribution in [-0.4, -0.2) is 21.2 Å². The van der Waals surface area contributed by atoms with Gasteiger partial charge in [-0.15, -0.1) is 0 Å². The van der Waals surface area contributed by atoms with Crippen LogP contribution in [0.4, 0.5) is 0 Å². The van der Waals surface area contributed by atoms with Crippen molar-refractivity contribution in [2.75, 3.05) is 0 Å². The van der Waals surface area contributed by atoms with E-state index in [2.05, 4.69) is 21.4 Å². The first-order valence-corrected chi connectivity index (χ1v) is 7.81. The normalized spacial score (nSPS) is 15.5. The highest BCUT2D eigenvalue weighted by Gasteiger charge is 2.22. The van der Waals surface area contributed by atoms with E-state index >= 15 is 0 Å². The Morgan fingerprint density at radius 3 is 2.67 bits per heavy atom. The lowest BCUT2D eigenvalue weighted by Crippen LogP contribution is -2.23. The Morgan fingerprint density at radius 2 is 2.04 bits per heavy atom. The molecule has 0 spiro atoms. The molecule has 1 aromatic carbocycles. The fourth-order valence-corrected chi connectivity index (χ4v) is 2.51. The third-order valence-corrected chi connectivity index (χ3v) is 3.98. The number of nitrogens with two attached hydrogens (primary N) is 1. The zero-order valence-electron chi connectivity index (χ0n) is 13.8. The summed E-state index contributed by atoms with van der Waals surface area (Å²) in [6, 6.07) is 11.8. The summed E-state index contributed by atoms with van der Waals surface area (Å²) in [5, 5.41) is 25.1. The lowest BCUT2D eigenvalue weighted by molar-refractivity contribution is 0.312. The molecule has 1 heterocycles. The first-order valence-electron chi connectivity index (χ1n) is 7.81. The van der Waals surface area contributed by atoms with Gasteiger partial charge in [-0.3, -0.25) is 0 Å². The summed E-state index contributed by atoms with van der Waals surface area (Å²) < 4.78 is 5.31. The highest BCUT2D eigenvalue weighted by atomic mass is 16.5. The zero-order chi connectivity index (χ0) is 17.5. The lowest BCUT2D eigenvalue weighted by atomic mass is 9.88. The molecule has 0 aliphatic rings. The molecule has 0 saturated heterocycles. The van der Waals surface area contributed by atoms with Gasteiger partial charge in [0, 0.05) is 23.3 Å². The molecule has 3 unspecified atom stereocenters. The maximum absolute atomic E-state index is 9.35. The van der Waals surface area contributed by atoms with Crippen molar-refractivity contribution >= 4 is 5.84 Å². The predicted octanol–water partition coefficient (Wildman–Crippen LogP) is 3.14. The molecule has 7 nitrogen and oxygen atoms in total. The van der Waals surface area contributed by atoms with E-state index in [0.29, 0.717) is 24.6 Å². The second-order valence-electron chi connectivity index (χ2n) is 5.95. The molecule has 0 bridgehead atoms. The second-order valence-corrected chi connectivity index (χ2v) is 5.95. The quantitative estimate of drug-likeness (QED) is 0.349. The molecule has 1 aromatic heterocycles. The summed E-state index contributed by atoms with van der Waals surface area (Å²) in [4.78, 5) is 4.42. The summed E-state index contributed by atoms with van der Waals surface area (Å²) in [5.74, 6) is 0.733. The number of amidine groups is 1. The standard InChI is InChI=1S/C17H21N5O2/c1-11(15(19)21-23)8-13(10-18)9-12(2)16-20-17(24-22-16)14-6-4-3-5-7-14/h3-7,11-13,23H,8-9H2,1-2H3,(H2,19,21). The minimum Gasteiger partial charge on any atom is -0.409 e. The van der Waals surface area contributed by atoms with Gasteiger partial charge in [0.25, 0.3) is 5.89 Å². The monoisotopic (exact) mass is 327 g/mol. The van der Waals surface area contributed by atoms with Gasteiger partial charge in [-0.1, -0.05) is 42.4 Å². The van der Waals surface area contributed by atoms with Gasteiger partial charge < -0.3 is 15.5 Å². The van der Waals surface area contributed by atoms with Crippen LogP contribution >= 0.6 is 0 Å². The van der Waals surface area contributed by atoms with E-state index in [4.69, 9.17) is 15.5 Å². The van der Waals surface area contributed by atoms with E-state index in [1.54, 1.807) is 0 Å². The molecular weight excluding hydrogens is 306 g/mol. The Labute approximate surface area is 140 Å². The van der Waals surface area contributed by atoms with Crippen molar-refractivity contribution in [3.05, 3.63) is 36.2 Å². The summed E-state index contributed by atoms with van der Waals surface area (Å²) in [7, 11) is 0. The number of nitrogens with zero attached hydrogens (tertiary/aromatic N) is 4. The van der Waals surface area contributed by atoms with Crippen molar-refractivity contribution in [2.24, 2.45) is 22.7 Å². The van der Waals surface area contributed by atoms with Crippen LogP contribution in [0.15, 0.2) is 40.0 Å². The molecule has 0 aliphatic carbocycles. The van der Waals surface area contributed by atoms with E-state index in [-0.39, 0.29) is 23.6 Å². The summed E-state index contributed by atoms with van der Waals surface area (Å²) in [6.45, 7) is 3.78. The van der Waals surface area contributed by atoms with Crippen LogP contribution in [0.5, 0.6) is 0 Å². The minimum atomic E-state index is -0.242. The summed E-state index contributed by atoms with van der Waals surface area (Å²) in [6.07, 6.45) is 1.09. The predicted molar refractivity (Wildman–Crippen MR) is 89.1 cm³/mol. The lowest BCUT2D eigenvalue weighted by Gasteiger charge is -2.16. The average molecular weight is 327 g/mol. The molecule has 24 heavy (non-hydrogen) atoms. The number of aromatic nitrogens is 2. The Morgan fingerprint density at radius 1 is 1.33 bits per heavy atom.